The van der Waals surface area contributed by atoms with Gasteiger partial charge < -0.3 is 5.11 Å². The molecule has 0 aliphatic carbocycles. The summed E-state index contributed by atoms with van der Waals surface area (Å²) in [7, 11) is 0. The van der Waals surface area contributed by atoms with Gasteiger partial charge in [0.15, 0.2) is 0 Å². The van der Waals surface area contributed by atoms with Gasteiger partial charge in [-0.2, -0.15) is 0 Å². The zero-order valence-corrected chi connectivity index (χ0v) is 9.66. The lowest BCUT2D eigenvalue weighted by Gasteiger charge is -2.07. The number of fused-ring (bicyclic) bond motifs is 1. The van der Waals surface area contributed by atoms with Crippen LogP contribution in [0.25, 0.3) is 10.1 Å². The number of aryl methyl sites for hydroxylation is 1. The van der Waals surface area contributed by atoms with E-state index in [0.29, 0.717) is 0 Å². The van der Waals surface area contributed by atoms with Crippen LogP contribution in [0.1, 0.15) is 18.1 Å². The van der Waals surface area contributed by atoms with Crippen molar-refractivity contribution in [3.63, 3.8) is 0 Å². The van der Waals surface area contributed by atoms with E-state index in [9.17, 15) is 5.11 Å². The molecule has 0 amide bonds. The summed E-state index contributed by atoms with van der Waals surface area (Å²) in [5.74, 6) is 0. The number of hydrogen-bond donors (Lipinski definition) is 2. The van der Waals surface area contributed by atoms with Gasteiger partial charge >= 0.3 is 0 Å². The maximum atomic E-state index is 9.25. The van der Waals surface area contributed by atoms with E-state index < -0.39 is 0 Å². The fourth-order valence-corrected chi connectivity index (χ4v) is 3.05. The standard InChI is InChI=1S/C11H12OS2/c1-2-7-5-8(6-12)11-9(10(7)13)3-4-14-11/h3-5,12-13H,2,6H2,1H3. The van der Waals surface area contributed by atoms with E-state index in [1.54, 1.807) is 11.3 Å². The molecule has 0 aliphatic rings. The van der Waals surface area contributed by atoms with Crippen LogP contribution < -0.4 is 0 Å². The number of thiophene rings is 1. The monoisotopic (exact) mass is 224 g/mol. The van der Waals surface area contributed by atoms with Gasteiger partial charge in [0, 0.05) is 15.0 Å². The number of hydrogen-bond acceptors (Lipinski definition) is 3. The van der Waals surface area contributed by atoms with Crippen LogP contribution in [-0.4, -0.2) is 5.11 Å². The first-order valence-corrected chi connectivity index (χ1v) is 5.92. The van der Waals surface area contributed by atoms with E-state index in [4.69, 9.17) is 0 Å². The summed E-state index contributed by atoms with van der Waals surface area (Å²) >= 11 is 6.18. The molecule has 1 aromatic carbocycles. The Kier molecular flexibility index (Phi) is 2.81. The lowest BCUT2D eigenvalue weighted by Crippen LogP contribution is -1.90. The van der Waals surface area contributed by atoms with Crippen LogP contribution in [0.15, 0.2) is 22.4 Å². The second-order valence-electron chi connectivity index (χ2n) is 3.22. The molecular formula is C11H12OS2. The largest absolute Gasteiger partial charge is 0.392 e. The van der Waals surface area contributed by atoms with Crippen molar-refractivity contribution in [3.05, 3.63) is 28.6 Å². The van der Waals surface area contributed by atoms with Crippen LogP contribution in [0.2, 0.25) is 0 Å². The number of benzene rings is 1. The molecule has 3 heteroatoms. The topological polar surface area (TPSA) is 20.2 Å². The predicted octanol–water partition coefficient (Wildman–Crippen LogP) is 3.24. The summed E-state index contributed by atoms with van der Waals surface area (Å²) in [5, 5.41) is 12.5. The summed E-state index contributed by atoms with van der Waals surface area (Å²) in [5.41, 5.74) is 2.23. The molecule has 0 bridgehead atoms. The quantitative estimate of drug-likeness (QED) is 0.750. The van der Waals surface area contributed by atoms with Crippen LogP contribution in [-0.2, 0) is 13.0 Å². The lowest BCUT2D eigenvalue weighted by atomic mass is 10.1. The van der Waals surface area contributed by atoms with Crippen molar-refractivity contribution in [1.29, 1.82) is 0 Å². The molecule has 1 aromatic heterocycles. The molecule has 1 N–H and O–H groups in total. The Bertz CT molecular complexity index is 460. The summed E-state index contributed by atoms with van der Waals surface area (Å²) in [6.07, 6.45) is 0.956. The first kappa shape index (κ1) is 10.0. The molecule has 2 rings (SSSR count). The first-order chi connectivity index (χ1) is 6.77. The molecule has 0 atom stereocenters. The fourth-order valence-electron chi connectivity index (χ4n) is 1.65. The minimum Gasteiger partial charge on any atom is -0.392 e. The van der Waals surface area contributed by atoms with E-state index >= 15 is 0 Å². The summed E-state index contributed by atoms with van der Waals surface area (Å²) in [6.45, 7) is 2.21. The third-order valence-electron chi connectivity index (χ3n) is 2.42. The third-order valence-corrected chi connectivity index (χ3v) is 3.93. The summed E-state index contributed by atoms with van der Waals surface area (Å²) in [6, 6.07) is 4.13. The Hall–Kier alpha value is -0.510. The highest BCUT2D eigenvalue weighted by Gasteiger charge is 2.08. The average molecular weight is 224 g/mol. The van der Waals surface area contributed by atoms with Crippen molar-refractivity contribution in [3.8, 4) is 0 Å². The Morgan fingerprint density at radius 2 is 2.21 bits per heavy atom. The Labute approximate surface area is 92.8 Å². The van der Waals surface area contributed by atoms with Gasteiger partial charge in [-0.25, -0.2) is 0 Å². The van der Waals surface area contributed by atoms with E-state index in [0.717, 1.165) is 21.6 Å². The van der Waals surface area contributed by atoms with Crippen molar-refractivity contribution < 1.29 is 5.11 Å². The van der Waals surface area contributed by atoms with Crippen molar-refractivity contribution >= 4 is 34.1 Å². The van der Waals surface area contributed by atoms with Crippen molar-refractivity contribution in [2.24, 2.45) is 0 Å². The summed E-state index contributed by atoms with van der Waals surface area (Å²) in [4.78, 5) is 1.06. The zero-order chi connectivity index (χ0) is 10.1. The number of rotatable bonds is 2. The predicted molar refractivity (Wildman–Crippen MR) is 64.4 cm³/mol. The van der Waals surface area contributed by atoms with E-state index in [1.807, 2.05) is 5.38 Å². The fraction of sp³-hybridized carbons (Fsp3) is 0.273. The Morgan fingerprint density at radius 3 is 2.86 bits per heavy atom. The van der Waals surface area contributed by atoms with Gasteiger partial charge in [-0.05, 0) is 29.0 Å². The van der Waals surface area contributed by atoms with Gasteiger partial charge in [0.1, 0.15) is 0 Å². The van der Waals surface area contributed by atoms with Crippen molar-refractivity contribution in [2.75, 3.05) is 0 Å². The molecule has 0 aliphatic heterocycles. The highest BCUT2D eigenvalue weighted by atomic mass is 32.1. The highest BCUT2D eigenvalue weighted by Crippen LogP contribution is 2.33. The second-order valence-corrected chi connectivity index (χ2v) is 4.58. The van der Waals surface area contributed by atoms with E-state index in [-0.39, 0.29) is 6.61 Å². The van der Waals surface area contributed by atoms with Gasteiger partial charge in [-0.15, -0.1) is 24.0 Å². The third kappa shape index (κ3) is 1.45. The van der Waals surface area contributed by atoms with Gasteiger partial charge in [-0.1, -0.05) is 13.0 Å². The minimum absolute atomic E-state index is 0.109. The maximum absolute atomic E-state index is 9.25. The SMILES string of the molecule is CCc1cc(CO)c2sccc2c1S. The highest BCUT2D eigenvalue weighted by molar-refractivity contribution is 7.80. The molecule has 0 spiro atoms. The Balaban J connectivity index is 2.80. The molecule has 74 valence electrons. The van der Waals surface area contributed by atoms with Gasteiger partial charge in [0.2, 0.25) is 0 Å². The molecule has 0 saturated carbocycles. The van der Waals surface area contributed by atoms with Crippen LogP contribution >= 0.6 is 24.0 Å². The second kappa shape index (κ2) is 3.93. The molecule has 0 fully saturated rings. The van der Waals surface area contributed by atoms with E-state index in [2.05, 4.69) is 31.7 Å². The molecular weight excluding hydrogens is 212 g/mol. The minimum atomic E-state index is 0.109. The van der Waals surface area contributed by atoms with Crippen LogP contribution in [0, 0.1) is 0 Å². The van der Waals surface area contributed by atoms with Crippen molar-refractivity contribution in [1.82, 2.24) is 0 Å². The van der Waals surface area contributed by atoms with Gasteiger partial charge in [-0.3, -0.25) is 0 Å². The molecule has 0 saturated heterocycles. The van der Waals surface area contributed by atoms with Crippen molar-refractivity contribution in [2.45, 2.75) is 24.8 Å². The number of thiol groups is 1. The summed E-state index contributed by atoms with van der Waals surface area (Å²) < 4.78 is 1.16. The zero-order valence-electron chi connectivity index (χ0n) is 7.95. The molecule has 0 radical (unpaired) electrons. The van der Waals surface area contributed by atoms with Crippen LogP contribution in [0.5, 0.6) is 0 Å². The first-order valence-electron chi connectivity index (χ1n) is 4.59. The molecule has 1 nitrogen and oxygen atoms in total. The van der Waals surface area contributed by atoms with E-state index in [1.165, 1.54) is 10.9 Å². The molecule has 0 unspecified atom stereocenters. The number of aliphatic hydroxyl groups is 1. The normalized spacial score (nSPS) is 11.1. The molecule has 1 heterocycles. The Morgan fingerprint density at radius 1 is 1.43 bits per heavy atom. The smallest absolute Gasteiger partial charge is 0.0695 e. The van der Waals surface area contributed by atoms with Gasteiger partial charge in [0.25, 0.3) is 0 Å². The average Bonchev–Trinajstić information content (AvgIpc) is 2.68. The lowest BCUT2D eigenvalue weighted by molar-refractivity contribution is 0.283. The molecule has 2 aromatic rings. The number of aliphatic hydroxyl groups excluding tert-OH is 1. The van der Waals surface area contributed by atoms with Crippen LogP contribution in [0.3, 0.4) is 0 Å². The maximum Gasteiger partial charge on any atom is 0.0695 e. The van der Waals surface area contributed by atoms with Crippen LogP contribution in [0.4, 0.5) is 0 Å². The molecule has 14 heavy (non-hydrogen) atoms. The van der Waals surface area contributed by atoms with Gasteiger partial charge in [0.05, 0.1) is 6.61 Å².